The highest BCUT2D eigenvalue weighted by Crippen LogP contribution is 2.37. The van der Waals surface area contributed by atoms with Crippen LogP contribution < -0.4 is 0 Å². The number of aromatic hydroxyl groups is 1. The van der Waals surface area contributed by atoms with Crippen LogP contribution in [0.4, 0.5) is 0 Å². The average Bonchev–Trinajstić information content (AvgIpc) is 2.64. The number of benzene rings is 1. The summed E-state index contributed by atoms with van der Waals surface area (Å²) in [5, 5.41) is 18.9. The van der Waals surface area contributed by atoms with Gasteiger partial charge in [0.15, 0.2) is 0 Å². The summed E-state index contributed by atoms with van der Waals surface area (Å²) >= 11 is 1.30. The van der Waals surface area contributed by atoms with Gasteiger partial charge in [0.25, 0.3) is 5.78 Å². The Hall–Kier alpha value is -2.14. The molecule has 4 nitrogen and oxygen atoms in total. The summed E-state index contributed by atoms with van der Waals surface area (Å²) in [5.41, 5.74) is 0. The number of thiophene rings is 1. The molecule has 0 saturated carbocycles. The van der Waals surface area contributed by atoms with Gasteiger partial charge in [-0.25, -0.2) is 4.79 Å². The normalized spacial score (nSPS) is 11.1. The maximum Gasteiger partial charge on any atom is 0.376 e. The molecule has 0 aliphatic carbocycles. The van der Waals surface area contributed by atoms with Crippen LogP contribution in [0.15, 0.2) is 30.3 Å². The van der Waals surface area contributed by atoms with E-state index >= 15 is 0 Å². The summed E-state index contributed by atoms with van der Waals surface area (Å²) < 4.78 is 0.882. The van der Waals surface area contributed by atoms with E-state index in [1.54, 1.807) is 12.1 Å². The lowest BCUT2D eigenvalue weighted by atomic mass is 10.2. The summed E-state index contributed by atoms with van der Waals surface area (Å²) in [4.78, 5) is 21.7. The van der Waals surface area contributed by atoms with Crippen LogP contribution in [0.1, 0.15) is 4.88 Å². The molecule has 0 aliphatic heterocycles. The minimum absolute atomic E-state index is 0.0695. The quantitative estimate of drug-likeness (QED) is 0.645. The lowest BCUT2D eigenvalue weighted by molar-refractivity contribution is -0.146. The Balaban J connectivity index is 2.40. The van der Waals surface area contributed by atoms with Crippen molar-refractivity contribution in [3.63, 3.8) is 0 Å². The van der Waals surface area contributed by atoms with Crippen molar-refractivity contribution in [2.75, 3.05) is 0 Å². The van der Waals surface area contributed by atoms with E-state index in [-0.39, 0.29) is 5.75 Å². The van der Waals surface area contributed by atoms with Crippen LogP contribution in [-0.4, -0.2) is 22.0 Å². The fourth-order valence-corrected chi connectivity index (χ4v) is 2.39. The topological polar surface area (TPSA) is 74.6 Å². The number of ketones is 1. The molecular formula is C12H8O4S. The standard InChI is InChI=1S/C12H8O4S/c13-8(12(15)16)5-6-10-11(14)7-3-1-2-4-9(7)17-10/h1-6,14H,(H,15,16)/b6-5-. The monoisotopic (exact) mass is 248 g/mol. The molecular weight excluding hydrogens is 240 g/mol. The molecule has 1 aromatic heterocycles. The molecule has 0 aliphatic rings. The molecule has 0 spiro atoms. The maximum absolute atomic E-state index is 10.9. The van der Waals surface area contributed by atoms with Gasteiger partial charge in [-0.3, -0.25) is 4.79 Å². The van der Waals surface area contributed by atoms with Gasteiger partial charge in [0.1, 0.15) is 5.75 Å². The number of carbonyl (C=O) groups is 2. The van der Waals surface area contributed by atoms with Crippen LogP contribution in [-0.2, 0) is 9.59 Å². The zero-order valence-electron chi connectivity index (χ0n) is 8.58. The molecule has 0 saturated heterocycles. The van der Waals surface area contributed by atoms with Crippen LogP contribution in [0.2, 0.25) is 0 Å². The second-order valence-corrected chi connectivity index (χ2v) is 4.40. The third kappa shape index (κ3) is 2.19. The van der Waals surface area contributed by atoms with Gasteiger partial charge in [-0.2, -0.15) is 0 Å². The van der Waals surface area contributed by atoms with E-state index in [1.807, 2.05) is 12.1 Å². The highest BCUT2D eigenvalue weighted by molar-refractivity contribution is 7.20. The predicted molar refractivity (Wildman–Crippen MR) is 65.2 cm³/mol. The summed E-state index contributed by atoms with van der Waals surface area (Å²) in [6.07, 6.45) is 2.25. The van der Waals surface area contributed by atoms with E-state index in [2.05, 4.69) is 0 Å². The van der Waals surface area contributed by atoms with Crippen molar-refractivity contribution in [2.45, 2.75) is 0 Å². The summed E-state index contributed by atoms with van der Waals surface area (Å²) in [6.45, 7) is 0. The van der Waals surface area contributed by atoms with Gasteiger partial charge in [0.2, 0.25) is 0 Å². The third-order valence-corrected chi connectivity index (χ3v) is 3.32. The van der Waals surface area contributed by atoms with Gasteiger partial charge in [0, 0.05) is 10.1 Å². The zero-order valence-corrected chi connectivity index (χ0v) is 9.40. The Labute approximate surface area is 100 Å². The van der Waals surface area contributed by atoms with Gasteiger partial charge in [-0.15, -0.1) is 11.3 Å². The molecule has 86 valence electrons. The number of carboxylic acids is 1. The molecule has 5 heteroatoms. The minimum Gasteiger partial charge on any atom is -0.506 e. The van der Waals surface area contributed by atoms with Crippen molar-refractivity contribution < 1.29 is 19.8 Å². The molecule has 2 N–H and O–H groups in total. The first-order valence-electron chi connectivity index (χ1n) is 4.75. The van der Waals surface area contributed by atoms with E-state index in [1.165, 1.54) is 17.4 Å². The smallest absolute Gasteiger partial charge is 0.376 e. The molecule has 0 bridgehead atoms. The second-order valence-electron chi connectivity index (χ2n) is 3.31. The van der Waals surface area contributed by atoms with Crippen LogP contribution in [0.25, 0.3) is 16.2 Å². The zero-order chi connectivity index (χ0) is 12.4. The van der Waals surface area contributed by atoms with Crippen LogP contribution in [0.3, 0.4) is 0 Å². The molecule has 2 rings (SSSR count). The first-order valence-corrected chi connectivity index (χ1v) is 5.57. The van der Waals surface area contributed by atoms with Crippen LogP contribution in [0, 0.1) is 0 Å². The molecule has 0 unspecified atom stereocenters. The first-order chi connectivity index (χ1) is 8.09. The number of hydrogen-bond acceptors (Lipinski definition) is 4. The van der Waals surface area contributed by atoms with Crippen molar-refractivity contribution in [1.29, 1.82) is 0 Å². The van der Waals surface area contributed by atoms with Crippen molar-refractivity contribution in [1.82, 2.24) is 0 Å². The third-order valence-electron chi connectivity index (χ3n) is 2.19. The Morgan fingerprint density at radius 3 is 2.59 bits per heavy atom. The maximum atomic E-state index is 10.9. The Bertz CT molecular complexity index is 624. The number of hydrogen-bond donors (Lipinski definition) is 2. The average molecular weight is 248 g/mol. The number of fused-ring (bicyclic) bond motifs is 1. The number of rotatable bonds is 3. The Morgan fingerprint density at radius 2 is 1.94 bits per heavy atom. The van der Waals surface area contributed by atoms with Gasteiger partial charge < -0.3 is 10.2 Å². The molecule has 1 heterocycles. The van der Waals surface area contributed by atoms with Crippen molar-refractivity contribution in [3.05, 3.63) is 35.2 Å². The predicted octanol–water partition coefficient (Wildman–Crippen LogP) is 2.27. The van der Waals surface area contributed by atoms with Crippen molar-refractivity contribution in [3.8, 4) is 5.75 Å². The highest BCUT2D eigenvalue weighted by Gasteiger charge is 2.10. The molecule has 1 aromatic carbocycles. The summed E-state index contributed by atoms with van der Waals surface area (Å²) in [7, 11) is 0. The molecule has 0 radical (unpaired) electrons. The number of aliphatic carboxylic acids is 1. The fraction of sp³-hybridized carbons (Fsp3) is 0. The molecule has 0 fully saturated rings. The Kier molecular flexibility index (Phi) is 2.93. The molecule has 0 atom stereocenters. The lowest BCUT2D eigenvalue weighted by Gasteiger charge is -1.89. The van der Waals surface area contributed by atoms with Crippen LogP contribution >= 0.6 is 11.3 Å². The lowest BCUT2D eigenvalue weighted by Crippen LogP contribution is -2.08. The number of carbonyl (C=O) groups excluding carboxylic acids is 1. The van der Waals surface area contributed by atoms with Gasteiger partial charge in [0.05, 0.1) is 4.88 Å². The fourth-order valence-electron chi connectivity index (χ4n) is 1.39. The largest absolute Gasteiger partial charge is 0.506 e. The minimum atomic E-state index is -1.51. The van der Waals surface area contributed by atoms with E-state index < -0.39 is 11.8 Å². The van der Waals surface area contributed by atoms with Gasteiger partial charge in [-0.05, 0) is 24.3 Å². The van der Waals surface area contributed by atoms with Crippen molar-refractivity contribution in [2.24, 2.45) is 0 Å². The number of carboxylic acid groups (broad SMARTS) is 1. The van der Waals surface area contributed by atoms with Gasteiger partial charge >= 0.3 is 5.97 Å². The SMILES string of the molecule is O=C(O)C(=O)/C=C\c1sc2ccccc2c1O. The van der Waals surface area contributed by atoms with Crippen LogP contribution in [0.5, 0.6) is 5.75 Å². The summed E-state index contributed by atoms with van der Waals surface area (Å²) in [6, 6.07) is 7.24. The second kappa shape index (κ2) is 4.39. The van der Waals surface area contributed by atoms with E-state index in [9.17, 15) is 14.7 Å². The first kappa shape index (κ1) is 11.3. The van der Waals surface area contributed by atoms with E-state index in [0.717, 1.165) is 10.8 Å². The highest BCUT2D eigenvalue weighted by atomic mass is 32.1. The van der Waals surface area contributed by atoms with Gasteiger partial charge in [-0.1, -0.05) is 12.1 Å². The molecule has 2 aromatic rings. The Morgan fingerprint density at radius 1 is 1.24 bits per heavy atom. The van der Waals surface area contributed by atoms with E-state index in [4.69, 9.17) is 5.11 Å². The van der Waals surface area contributed by atoms with E-state index in [0.29, 0.717) is 10.3 Å². The molecule has 17 heavy (non-hydrogen) atoms. The summed E-state index contributed by atoms with van der Waals surface area (Å²) in [5.74, 6) is -2.45. The van der Waals surface area contributed by atoms with Crippen molar-refractivity contribution >= 4 is 39.3 Å². The molecule has 0 amide bonds.